The van der Waals surface area contributed by atoms with Crippen LogP contribution in [0, 0.1) is 17.6 Å². The van der Waals surface area contributed by atoms with Crippen molar-refractivity contribution < 1.29 is 13.5 Å². The molecule has 0 fully saturated rings. The Morgan fingerprint density at radius 3 is 2.54 bits per heavy atom. The van der Waals surface area contributed by atoms with Gasteiger partial charge < -0.3 is 5.11 Å². The lowest BCUT2D eigenvalue weighted by Gasteiger charge is -2.00. The summed E-state index contributed by atoms with van der Waals surface area (Å²) < 4.78 is 22.0. The Morgan fingerprint density at radius 1 is 1.46 bits per heavy atom. The maximum atomic E-state index is 11.0. The van der Waals surface area contributed by atoms with Crippen LogP contribution in [0.15, 0.2) is 23.1 Å². The molecule has 0 aliphatic rings. The number of phenols is 1. The first kappa shape index (κ1) is 9.55. The molecule has 0 radical (unpaired) electrons. The number of hydrogen-bond acceptors (Lipinski definition) is 4. The number of rotatable bonds is 1. The lowest BCUT2D eigenvalue weighted by molar-refractivity contribution is 0.459. The van der Waals surface area contributed by atoms with Crippen molar-refractivity contribution in [3.8, 4) is 11.2 Å². The monoisotopic (exact) mass is 197 g/mol. The molecule has 1 aromatic carbocycles. The van der Waals surface area contributed by atoms with E-state index in [9.17, 15) is 13.5 Å². The summed E-state index contributed by atoms with van der Waals surface area (Å²) in [5.74, 6) is -0.387. The molecule has 0 bridgehead atoms. The number of benzene rings is 1. The summed E-state index contributed by atoms with van der Waals surface area (Å²) in [5, 5.41) is 18.7. The minimum absolute atomic E-state index is 0.347. The first-order valence-electron chi connectivity index (χ1n) is 3.43. The maximum absolute atomic E-state index is 11.0. The van der Waals surface area contributed by atoms with E-state index in [0.29, 0.717) is 0 Å². The van der Waals surface area contributed by atoms with E-state index in [0.717, 1.165) is 11.0 Å². The van der Waals surface area contributed by atoms with Gasteiger partial charge in [-0.1, -0.05) is 6.07 Å². The Kier molecular flexibility index (Phi) is 2.26. The molecule has 1 rings (SSSR count). The zero-order chi connectivity index (χ0) is 10.1. The summed E-state index contributed by atoms with van der Waals surface area (Å²) in [6.07, 6.45) is 0. The molecule has 13 heavy (non-hydrogen) atoms. The van der Waals surface area contributed by atoms with Crippen molar-refractivity contribution in [2.45, 2.75) is 11.8 Å². The van der Waals surface area contributed by atoms with Gasteiger partial charge in [-0.2, -0.15) is 5.26 Å². The number of aromatic hydroxyl groups is 1. The fraction of sp³-hybridized carbons (Fsp3) is 0.125. The minimum atomic E-state index is -3.99. The Bertz CT molecular complexity index is 471. The summed E-state index contributed by atoms with van der Waals surface area (Å²) >= 11 is 0. The van der Waals surface area contributed by atoms with E-state index in [1.807, 2.05) is 0 Å². The number of sulfone groups is 1. The van der Waals surface area contributed by atoms with Crippen LogP contribution in [-0.4, -0.2) is 13.5 Å². The van der Waals surface area contributed by atoms with Crippen molar-refractivity contribution in [1.29, 1.82) is 5.26 Å². The molecule has 0 spiro atoms. The fourth-order valence-electron chi connectivity index (χ4n) is 0.904. The van der Waals surface area contributed by atoms with Gasteiger partial charge in [-0.05, 0) is 24.6 Å². The van der Waals surface area contributed by atoms with E-state index in [1.54, 1.807) is 6.92 Å². The van der Waals surface area contributed by atoms with Gasteiger partial charge in [-0.25, -0.2) is 8.42 Å². The first-order valence-corrected chi connectivity index (χ1v) is 4.91. The molecule has 1 aromatic rings. The molecule has 0 heterocycles. The van der Waals surface area contributed by atoms with Gasteiger partial charge in [0, 0.05) is 0 Å². The topological polar surface area (TPSA) is 78.2 Å². The molecule has 0 aromatic heterocycles. The highest BCUT2D eigenvalue weighted by Crippen LogP contribution is 2.23. The average Bonchev–Trinajstić information content (AvgIpc) is 2.03. The van der Waals surface area contributed by atoms with E-state index < -0.39 is 9.84 Å². The summed E-state index contributed by atoms with van der Waals surface area (Å²) in [5.41, 5.74) is 0.731. The summed E-state index contributed by atoms with van der Waals surface area (Å²) in [4.78, 5) is -0.347. The third-order valence-corrected chi connectivity index (χ3v) is 2.69. The lowest BCUT2D eigenvalue weighted by atomic mass is 10.2. The predicted molar refractivity (Wildman–Crippen MR) is 45.6 cm³/mol. The summed E-state index contributed by atoms with van der Waals surface area (Å²) in [6, 6.07) is 4.03. The van der Waals surface area contributed by atoms with Crippen LogP contribution in [0.2, 0.25) is 0 Å². The van der Waals surface area contributed by atoms with Gasteiger partial charge in [0.2, 0.25) is 0 Å². The number of aryl methyl sites for hydroxylation is 1. The second-order valence-electron chi connectivity index (χ2n) is 2.57. The molecule has 5 heteroatoms. The molecule has 0 unspecified atom stereocenters. The van der Waals surface area contributed by atoms with Gasteiger partial charge in [0.1, 0.15) is 10.6 Å². The molecule has 0 amide bonds. The summed E-state index contributed by atoms with van der Waals surface area (Å²) in [7, 11) is -3.99. The smallest absolute Gasteiger partial charge is 0.273 e. The molecule has 0 saturated carbocycles. The normalized spacial score (nSPS) is 10.8. The van der Waals surface area contributed by atoms with Crippen LogP contribution in [0.5, 0.6) is 5.75 Å². The van der Waals surface area contributed by atoms with Crippen LogP contribution in [0.25, 0.3) is 0 Å². The number of phenolic OH excluding ortho intramolecular Hbond substituents is 1. The Balaban J connectivity index is 3.44. The largest absolute Gasteiger partial charge is 0.507 e. The number of nitrogens with zero attached hydrogens (tertiary/aromatic N) is 1. The Hall–Kier alpha value is -1.54. The van der Waals surface area contributed by atoms with E-state index in [2.05, 4.69) is 0 Å². The van der Waals surface area contributed by atoms with Gasteiger partial charge in [-0.15, -0.1) is 0 Å². The van der Waals surface area contributed by atoms with Crippen LogP contribution >= 0.6 is 0 Å². The molecule has 1 N–H and O–H groups in total. The second-order valence-corrected chi connectivity index (χ2v) is 4.20. The number of nitriles is 1. The van der Waals surface area contributed by atoms with Crippen molar-refractivity contribution in [2.75, 3.05) is 0 Å². The highest BCUT2D eigenvalue weighted by molar-refractivity contribution is 7.96. The second kappa shape index (κ2) is 3.07. The van der Waals surface area contributed by atoms with Crippen molar-refractivity contribution in [1.82, 2.24) is 0 Å². The molecular formula is C8H7NO3S. The highest BCUT2D eigenvalue weighted by Gasteiger charge is 2.17. The third-order valence-electron chi connectivity index (χ3n) is 1.52. The SMILES string of the molecule is Cc1ccc(S(=O)(=O)C#N)c(O)c1. The van der Waals surface area contributed by atoms with Crippen molar-refractivity contribution in [3.05, 3.63) is 23.8 Å². The molecule has 0 aliphatic carbocycles. The van der Waals surface area contributed by atoms with Gasteiger partial charge in [0.25, 0.3) is 9.84 Å². The quantitative estimate of drug-likeness (QED) is 0.537. The van der Waals surface area contributed by atoms with Crippen molar-refractivity contribution >= 4 is 9.84 Å². The van der Waals surface area contributed by atoms with E-state index in [4.69, 9.17) is 5.26 Å². The highest BCUT2D eigenvalue weighted by atomic mass is 32.2. The fourth-order valence-corrected chi connectivity index (χ4v) is 1.58. The molecule has 4 nitrogen and oxygen atoms in total. The Labute approximate surface area is 76.0 Å². The zero-order valence-electron chi connectivity index (χ0n) is 6.85. The van der Waals surface area contributed by atoms with E-state index in [-0.39, 0.29) is 10.6 Å². The average molecular weight is 197 g/mol. The predicted octanol–water partition coefficient (Wildman–Crippen LogP) is 0.955. The van der Waals surface area contributed by atoms with Gasteiger partial charge in [0.05, 0.1) is 0 Å². The van der Waals surface area contributed by atoms with Crippen LogP contribution in [-0.2, 0) is 9.84 Å². The minimum Gasteiger partial charge on any atom is -0.507 e. The lowest BCUT2D eigenvalue weighted by Crippen LogP contribution is -1.96. The van der Waals surface area contributed by atoms with E-state index >= 15 is 0 Å². The molecular weight excluding hydrogens is 190 g/mol. The molecule has 0 aliphatic heterocycles. The van der Waals surface area contributed by atoms with Crippen LogP contribution in [0.4, 0.5) is 0 Å². The Morgan fingerprint density at radius 2 is 2.08 bits per heavy atom. The van der Waals surface area contributed by atoms with Crippen LogP contribution in [0.1, 0.15) is 5.56 Å². The van der Waals surface area contributed by atoms with Crippen molar-refractivity contribution in [3.63, 3.8) is 0 Å². The van der Waals surface area contributed by atoms with E-state index in [1.165, 1.54) is 18.2 Å². The third kappa shape index (κ3) is 1.79. The van der Waals surface area contributed by atoms with Gasteiger partial charge in [0.15, 0.2) is 5.40 Å². The van der Waals surface area contributed by atoms with Crippen LogP contribution < -0.4 is 0 Å². The zero-order valence-corrected chi connectivity index (χ0v) is 7.67. The standard InChI is InChI=1S/C8H7NO3S/c1-6-2-3-8(7(10)4-6)13(11,12)5-9/h2-4,10H,1H3. The first-order chi connectivity index (χ1) is 5.97. The number of thiocyanates is 1. The van der Waals surface area contributed by atoms with Gasteiger partial charge in [-0.3, -0.25) is 0 Å². The number of hydrogen-bond donors (Lipinski definition) is 1. The molecule has 68 valence electrons. The van der Waals surface area contributed by atoms with Crippen LogP contribution in [0.3, 0.4) is 0 Å². The van der Waals surface area contributed by atoms with Gasteiger partial charge >= 0.3 is 0 Å². The molecule has 0 saturated heterocycles. The summed E-state index contributed by atoms with van der Waals surface area (Å²) in [6.45, 7) is 1.71. The maximum Gasteiger partial charge on any atom is 0.273 e. The van der Waals surface area contributed by atoms with Crippen molar-refractivity contribution in [2.24, 2.45) is 0 Å². The molecule has 0 atom stereocenters.